The molecule has 0 aliphatic heterocycles. The van der Waals surface area contributed by atoms with E-state index in [1.54, 1.807) is 0 Å². The highest BCUT2D eigenvalue weighted by Crippen LogP contribution is 2.30. The van der Waals surface area contributed by atoms with E-state index in [-0.39, 0.29) is 6.10 Å². The monoisotopic (exact) mass is 259 g/mol. The van der Waals surface area contributed by atoms with Gasteiger partial charge in [-0.2, -0.15) is 5.10 Å². The Balaban J connectivity index is 1.79. The van der Waals surface area contributed by atoms with Crippen molar-refractivity contribution in [2.24, 2.45) is 0 Å². The van der Waals surface area contributed by atoms with Crippen LogP contribution in [0.2, 0.25) is 0 Å². The minimum atomic E-state index is -0.279. The maximum atomic E-state index is 9.98. The third kappa shape index (κ3) is 2.45. The molecule has 1 aliphatic rings. The van der Waals surface area contributed by atoms with Crippen LogP contribution in [0, 0.1) is 0 Å². The van der Waals surface area contributed by atoms with Crippen LogP contribution in [0.15, 0.2) is 24.7 Å². The fourth-order valence-corrected chi connectivity index (χ4v) is 2.75. The van der Waals surface area contributed by atoms with Crippen molar-refractivity contribution in [1.82, 2.24) is 14.3 Å². The van der Waals surface area contributed by atoms with Crippen LogP contribution in [0.4, 0.5) is 0 Å². The Morgan fingerprint density at radius 3 is 2.95 bits per heavy atom. The second kappa shape index (κ2) is 4.85. The predicted octanol–water partition coefficient (Wildman–Crippen LogP) is 2.68. The van der Waals surface area contributed by atoms with Gasteiger partial charge in [-0.25, -0.2) is 0 Å². The number of nitrogens with zero attached hydrogens (tertiary/aromatic N) is 3. The lowest BCUT2D eigenvalue weighted by Crippen LogP contribution is -2.05. The van der Waals surface area contributed by atoms with Crippen LogP contribution in [-0.2, 0) is 13.0 Å². The lowest BCUT2D eigenvalue weighted by Gasteiger charge is -2.16. The Morgan fingerprint density at radius 2 is 2.26 bits per heavy atom. The van der Waals surface area contributed by atoms with Gasteiger partial charge in [-0.1, -0.05) is 0 Å². The largest absolute Gasteiger partial charge is 0.388 e. The van der Waals surface area contributed by atoms with Crippen LogP contribution in [0.5, 0.6) is 0 Å². The van der Waals surface area contributed by atoms with Gasteiger partial charge in [-0.15, -0.1) is 0 Å². The highest BCUT2D eigenvalue weighted by Gasteiger charge is 2.19. The fourth-order valence-electron chi connectivity index (χ4n) is 2.75. The van der Waals surface area contributed by atoms with Crippen molar-refractivity contribution < 1.29 is 5.11 Å². The summed E-state index contributed by atoms with van der Waals surface area (Å²) in [5.74, 6) is 0. The zero-order valence-electron chi connectivity index (χ0n) is 11.6. The first-order valence-electron chi connectivity index (χ1n) is 7.04. The molecule has 2 aromatic rings. The zero-order chi connectivity index (χ0) is 13.4. The lowest BCUT2D eigenvalue weighted by atomic mass is 9.93. The van der Waals surface area contributed by atoms with Gasteiger partial charge in [0.05, 0.1) is 18.3 Å². The van der Waals surface area contributed by atoms with Gasteiger partial charge in [0.1, 0.15) is 0 Å². The summed E-state index contributed by atoms with van der Waals surface area (Å²) in [6.45, 7) is 5.03. The quantitative estimate of drug-likeness (QED) is 0.921. The molecule has 3 rings (SSSR count). The molecule has 0 spiro atoms. The van der Waals surface area contributed by atoms with E-state index in [9.17, 15) is 5.11 Å². The summed E-state index contributed by atoms with van der Waals surface area (Å²) in [5.41, 5.74) is 3.46. The topological polar surface area (TPSA) is 43.0 Å². The average molecular weight is 259 g/mol. The molecular weight excluding hydrogens is 238 g/mol. The van der Waals surface area contributed by atoms with Crippen molar-refractivity contribution in [2.45, 2.75) is 51.8 Å². The summed E-state index contributed by atoms with van der Waals surface area (Å²) in [7, 11) is 0. The first-order valence-corrected chi connectivity index (χ1v) is 7.04. The molecule has 0 radical (unpaired) electrons. The molecule has 0 fully saturated rings. The number of aromatic nitrogens is 3. The highest BCUT2D eigenvalue weighted by atomic mass is 16.3. The van der Waals surface area contributed by atoms with Gasteiger partial charge in [0.15, 0.2) is 0 Å². The fraction of sp³-hybridized carbons (Fsp3) is 0.533. The summed E-state index contributed by atoms with van der Waals surface area (Å²) in [5, 5.41) is 14.5. The van der Waals surface area contributed by atoms with Gasteiger partial charge >= 0.3 is 0 Å². The molecule has 1 unspecified atom stereocenters. The van der Waals surface area contributed by atoms with E-state index in [0.717, 1.165) is 37.1 Å². The predicted molar refractivity (Wildman–Crippen MR) is 74.0 cm³/mol. The molecule has 19 heavy (non-hydrogen) atoms. The van der Waals surface area contributed by atoms with Crippen LogP contribution < -0.4 is 0 Å². The molecule has 1 atom stereocenters. The summed E-state index contributed by atoms with van der Waals surface area (Å²) < 4.78 is 4.12. The van der Waals surface area contributed by atoms with Crippen LogP contribution in [-0.4, -0.2) is 19.5 Å². The van der Waals surface area contributed by atoms with Gasteiger partial charge in [0, 0.05) is 30.2 Å². The molecule has 1 N–H and O–H groups in total. The minimum Gasteiger partial charge on any atom is -0.388 e. The first kappa shape index (κ1) is 12.5. The molecule has 1 aliphatic carbocycles. The number of hydrogen-bond donors (Lipinski definition) is 1. The number of aliphatic hydroxyl groups is 1. The smallest absolute Gasteiger partial charge is 0.0821 e. The van der Waals surface area contributed by atoms with E-state index in [1.165, 1.54) is 5.56 Å². The van der Waals surface area contributed by atoms with Crippen molar-refractivity contribution in [3.8, 4) is 0 Å². The first-order chi connectivity index (χ1) is 9.13. The summed E-state index contributed by atoms with van der Waals surface area (Å²) in [4.78, 5) is 0. The molecule has 0 saturated carbocycles. The van der Waals surface area contributed by atoms with Crippen molar-refractivity contribution in [3.05, 3.63) is 41.5 Å². The third-order valence-electron chi connectivity index (χ3n) is 3.82. The van der Waals surface area contributed by atoms with Gasteiger partial charge in [-0.3, -0.25) is 4.68 Å². The van der Waals surface area contributed by atoms with E-state index in [1.807, 2.05) is 10.9 Å². The van der Waals surface area contributed by atoms with E-state index in [2.05, 4.69) is 42.0 Å². The molecule has 4 heteroatoms. The third-order valence-corrected chi connectivity index (χ3v) is 3.82. The SMILES string of the molecule is CC(C)n1ccc(Cn2cc3c(c2)C(O)CCC3)n1. The molecule has 4 nitrogen and oxygen atoms in total. The molecule has 2 aromatic heterocycles. The highest BCUT2D eigenvalue weighted by molar-refractivity contribution is 5.29. The van der Waals surface area contributed by atoms with E-state index in [0.29, 0.717) is 6.04 Å². The van der Waals surface area contributed by atoms with Gasteiger partial charge < -0.3 is 9.67 Å². The van der Waals surface area contributed by atoms with Crippen LogP contribution in [0.25, 0.3) is 0 Å². The molecule has 0 aromatic carbocycles. The standard InChI is InChI=1S/C15H21N3O/c1-11(2)18-7-6-13(16-18)9-17-8-12-4-3-5-15(19)14(12)10-17/h6-8,10-11,15,19H,3-5,9H2,1-2H3. The number of aryl methyl sites for hydroxylation is 1. The lowest BCUT2D eigenvalue weighted by molar-refractivity contribution is 0.157. The Kier molecular flexibility index (Phi) is 3.19. The van der Waals surface area contributed by atoms with E-state index >= 15 is 0 Å². The normalized spacial score (nSPS) is 18.8. The Hall–Kier alpha value is -1.55. The molecular formula is C15H21N3O. The maximum absolute atomic E-state index is 9.98. The van der Waals surface area contributed by atoms with Gasteiger partial charge in [0.2, 0.25) is 0 Å². The van der Waals surface area contributed by atoms with Gasteiger partial charge in [0.25, 0.3) is 0 Å². The zero-order valence-corrected chi connectivity index (χ0v) is 11.6. The molecule has 0 bridgehead atoms. The van der Waals surface area contributed by atoms with Crippen LogP contribution in [0.1, 0.15) is 55.7 Å². The number of rotatable bonds is 3. The summed E-state index contributed by atoms with van der Waals surface area (Å²) in [6, 6.07) is 2.46. The van der Waals surface area contributed by atoms with Crippen molar-refractivity contribution in [1.29, 1.82) is 0 Å². The average Bonchev–Trinajstić information content (AvgIpc) is 2.96. The molecule has 0 amide bonds. The molecule has 2 heterocycles. The van der Waals surface area contributed by atoms with E-state index < -0.39 is 0 Å². The number of aliphatic hydroxyl groups excluding tert-OH is 1. The Bertz CT molecular complexity index is 568. The molecule has 102 valence electrons. The van der Waals surface area contributed by atoms with E-state index in [4.69, 9.17) is 0 Å². The van der Waals surface area contributed by atoms with Crippen LogP contribution in [0.3, 0.4) is 0 Å². The molecule has 0 saturated heterocycles. The number of fused-ring (bicyclic) bond motifs is 1. The van der Waals surface area contributed by atoms with Crippen molar-refractivity contribution in [2.75, 3.05) is 0 Å². The van der Waals surface area contributed by atoms with Gasteiger partial charge in [-0.05, 0) is 44.7 Å². The second-order valence-electron chi connectivity index (χ2n) is 5.70. The van der Waals surface area contributed by atoms with Crippen molar-refractivity contribution >= 4 is 0 Å². The minimum absolute atomic E-state index is 0.279. The maximum Gasteiger partial charge on any atom is 0.0821 e. The van der Waals surface area contributed by atoms with Crippen molar-refractivity contribution in [3.63, 3.8) is 0 Å². The number of hydrogen-bond acceptors (Lipinski definition) is 2. The summed E-state index contributed by atoms with van der Waals surface area (Å²) in [6.07, 6.45) is 9.04. The van der Waals surface area contributed by atoms with Crippen LogP contribution >= 0.6 is 0 Å². The Labute approximate surface area is 113 Å². The second-order valence-corrected chi connectivity index (χ2v) is 5.70. The Morgan fingerprint density at radius 1 is 1.42 bits per heavy atom. The summed E-state index contributed by atoms with van der Waals surface area (Å²) >= 11 is 0.